The second kappa shape index (κ2) is 8.46. The Morgan fingerprint density at radius 2 is 1.94 bits per heavy atom. The monoisotopic (exact) mass is 242 g/mol. The summed E-state index contributed by atoms with van der Waals surface area (Å²) in [5.74, 6) is 0.995. The molecule has 0 saturated carbocycles. The van der Waals surface area contributed by atoms with E-state index in [0.717, 1.165) is 30.2 Å². The molecule has 1 aromatic rings. The second-order valence-electron chi connectivity index (χ2n) is 3.70. The summed E-state index contributed by atoms with van der Waals surface area (Å²) in [6.07, 6.45) is 4.47. The first-order valence-electron chi connectivity index (χ1n) is 5.69. The van der Waals surface area contributed by atoms with Gasteiger partial charge in [-0.1, -0.05) is 39.3 Å². The highest BCUT2D eigenvalue weighted by molar-refractivity contribution is 6.30. The van der Waals surface area contributed by atoms with Crippen molar-refractivity contribution in [2.75, 3.05) is 6.61 Å². The number of aryl methyl sites for hydroxylation is 1. The Morgan fingerprint density at radius 1 is 1.19 bits per heavy atom. The summed E-state index contributed by atoms with van der Waals surface area (Å²) in [4.78, 5) is 0. The Bertz CT molecular complexity index is 297. The highest BCUT2D eigenvalue weighted by atomic mass is 35.5. The van der Waals surface area contributed by atoms with Crippen molar-refractivity contribution in [3.63, 3.8) is 0 Å². The lowest BCUT2D eigenvalue weighted by Crippen LogP contribution is -1.99. The van der Waals surface area contributed by atoms with Crippen LogP contribution in [-0.4, -0.2) is 6.61 Å². The van der Waals surface area contributed by atoms with Crippen LogP contribution in [0.2, 0.25) is 5.02 Å². The van der Waals surface area contributed by atoms with Crippen LogP contribution < -0.4 is 4.74 Å². The molecule has 1 aromatic carbocycles. The molecule has 0 amide bonds. The van der Waals surface area contributed by atoms with Crippen LogP contribution in [0, 0.1) is 0 Å². The van der Waals surface area contributed by atoms with Gasteiger partial charge in [-0.15, -0.1) is 0 Å². The molecule has 0 aliphatic rings. The lowest BCUT2D eigenvalue weighted by Gasteiger charge is -2.10. The maximum Gasteiger partial charge on any atom is 0.122 e. The molecule has 2 heteroatoms. The van der Waals surface area contributed by atoms with Gasteiger partial charge in [-0.05, 0) is 43.0 Å². The summed E-state index contributed by atoms with van der Waals surface area (Å²) >= 11 is 5.97. The van der Waals surface area contributed by atoms with E-state index in [1.54, 1.807) is 0 Å². The van der Waals surface area contributed by atoms with Gasteiger partial charge in [-0.2, -0.15) is 0 Å². The van der Waals surface area contributed by atoms with Gasteiger partial charge in [0.05, 0.1) is 6.61 Å². The fourth-order valence-electron chi connectivity index (χ4n) is 1.46. The number of rotatable bonds is 6. The van der Waals surface area contributed by atoms with Crippen LogP contribution in [-0.2, 0) is 6.42 Å². The minimum absolute atomic E-state index is 0. The third kappa shape index (κ3) is 4.89. The quantitative estimate of drug-likeness (QED) is 0.674. The highest BCUT2D eigenvalue weighted by Gasteiger charge is 2.03. The maximum atomic E-state index is 5.97. The van der Waals surface area contributed by atoms with Crippen LogP contribution in [0.15, 0.2) is 18.2 Å². The lowest BCUT2D eigenvalue weighted by atomic mass is 10.1. The van der Waals surface area contributed by atoms with E-state index < -0.39 is 0 Å². The van der Waals surface area contributed by atoms with E-state index in [2.05, 4.69) is 13.8 Å². The van der Waals surface area contributed by atoms with Crippen molar-refractivity contribution in [1.29, 1.82) is 0 Å². The first kappa shape index (κ1) is 15.3. The normalized spacial score (nSPS) is 9.69. The largest absolute Gasteiger partial charge is 0.493 e. The molecule has 0 fully saturated rings. The first-order chi connectivity index (χ1) is 7.27. The molecule has 0 heterocycles. The number of unbranched alkanes of at least 4 members (excludes halogenated alkanes) is 1. The fraction of sp³-hybridized carbons (Fsp3) is 0.571. The third-order valence-corrected chi connectivity index (χ3v) is 2.52. The van der Waals surface area contributed by atoms with Crippen molar-refractivity contribution in [1.82, 2.24) is 0 Å². The SMILES string of the molecule is C.CCCCc1cc(Cl)ccc1OCCC. The van der Waals surface area contributed by atoms with Crippen molar-refractivity contribution in [2.45, 2.75) is 47.0 Å². The van der Waals surface area contributed by atoms with Gasteiger partial charge in [0.25, 0.3) is 0 Å². The second-order valence-corrected chi connectivity index (χ2v) is 4.14. The van der Waals surface area contributed by atoms with Gasteiger partial charge in [0, 0.05) is 5.02 Å². The van der Waals surface area contributed by atoms with Gasteiger partial charge in [0.2, 0.25) is 0 Å². The van der Waals surface area contributed by atoms with Gasteiger partial charge in [0.1, 0.15) is 5.75 Å². The van der Waals surface area contributed by atoms with Crippen LogP contribution >= 0.6 is 11.6 Å². The number of benzene rings is 1. The molecule has 0 aliphatic heterocycles. The summed E-state index contributed by atoms with van der Waals surface area (Å²) in [5, 5.41) is 0.796. The van der Waals surface area contributed by atoms with E-state index in [9.17, 15) is 0 Å². The van der Waals surface area contributed by atoms with Crippen LogP contribution in [0.1, 0.15) is 46.1 Å². The molecule has 0 saturated heterocycles. The van der Waals surface area contributed by atoms with Crippen molar-refractivity contribution in [2.24, 2.45) is 0 Å². The minimum Gasteiger partial charge on any atom is -0.493 e. The minimum atomic E-state index is 0. The van der Waals surface area contributed by atoms with Gasteiger partial charge in [-0.3, -0.25) is 0 Å². The van der Waals surface area contributed by atoms with Gasteiger partial charge < -0.3 is 4.74 Å². The number of hydrogen-bond acceptors (Lipinski definition) is 1. The predicted octanol–water partition coefficient (Wildman–Crippen LogP) is 5.11. The Labute approximate surface area is 105 Å². The van der Waals surface area contributed by atoms with Crippen molar-refractivity contribution in [3.8, 4) is 5.75 Å². The van der Waals surface area contributed by atoms with Crippen molar-refractivity contribution < 1.29 is 4.74 Å². The molecule has 0 N–H and O–H groups in total. The zero-order valence-corrected chi connectivity index (χ0v) is 10.3. The van der Waals surface area contributed by atoms with Crippen LogP contribution in [0.4, 0.5) is 0 Å². The van der Waals surface area contributed by atoms with E-state index >= 15 is 0 Å². The van der Waals surface area contributed by atoms with Crippen LogP contribution in [0.3, 0.4) is 0 Å². The zero-order chi connectivity index (χ0) is 11.1. The van der Waals surface area contributed by atoms with Crippen LogP contribution in [0.5, 0.6) is 5.75 Å². The topological polar surface area (TPSA) is 9.23 Å². The maximum absolute atomic E-state index is 5.97. The lowest BCUT2D eigenvalue weighted by molar-refractivity contribution is 0.314. The third-order valence-electron chi connectivity index (χ3n) is 2.28. The number of halogens is 1. The molecule has 0 bridgehead atoms. The molecule has 0 unspecified atom stereocenters. The highest BCUT2D eigenvalue weighted by Crippen LogP contribution is 2.24. The predicted molar refractivity (Wildman–Crippen MR) is 72.6 cm³/mol. The molecule has 1 rings (SSSR count). The molecule has 0 atom stereocenters. The summed E-state index contributed by atoms with van der Waals surface area (Å²) in [5.41, 5.74) is 1.23. The molecule has 0 spiro atoms. The summed E-state index contributed by atoms with van der Waals surface area (Å²) in [6.45, 7) is 5.08. The van der Waals surface area contributed by atoms with Crippen molar-refractivity contribution in [3.05, 3.63) is 28.8 Å². The zero-order valence-electron chi connectivity index (χ0n) is 9.55. The molecule has 92 valence electrons. The molecule has 0 aliphatic carbocycles. The average molecular weight is 243 g/mol. The van der Waals surface area contributed by atoms with E-state index in [-0.39, 0.29) is 7.43 Å². The summed E-state index contributed by atoms with van der Waals surface area (Å²) < 4.78 is 5.68. The number of hydrogen-bond donors (Lipinski definition) is 0. The standard InChI is InChI=1S/C13H19ClO.CH4/c1-3-5-6-11-10-12(14)7-8-13(11)15-9-4-2;/h7-8,10H,3-6,9H2,1-2H3;1H4. The summed E-state index contributed by atoms with van der Waals surface area (Å²) in [7, 11) is 0. The molecule has 1 nitrogen and oxygen atoms in total. The van der Waals surface area contributed by atoms with E-state index in [1.165, 1.54) is 18.4 Å². The average Bonchev–Trinajstić information content (AvgIpc) is 2.25. The fourth-order valence-corrected chi connectivity index (χ4v) is 1.66. The van der Waals surface area contributed by atoms with E-state index in [1.807, 2.05) is 18.2 Å². The Hall–Kier alpha value is -0.690. The smallest absolute Gasteiger partial charge is 0.122 e. The van der Waals surface area contributed by atoms with Gasteiger partial charge >= 0.3 is 0 Å². The van der Waals surface area contributed by atoms with Gasteiger partial charge in [0.15, 0.2) is 0 Å². The molecular formula is C14H23ClO. The molecular weight excluding hydrogens is 220 g/mol. The Morgan fingerprint density at radius 3 is 2.56 bits per heavy atom. The Kier molecular flexibility index (Phi) is 8.10. The Balaban J connectivity index is 0.00000225. The molecule has 16 heavy (non-hydrogen) atoms. The number of ether oxygens (including phenoxy) is 1. The van der Waals surface area contributed by atoms with Gasteiger partial charge in [-0.25, -0.2) is 0 Å². The van der Waals surface area contributed by atoms with E-state index in [4.69, 9.17) is 16.3 Å². The van der Waals surface area contributed by atoms with E-state index in [0.29, 0.717) is 0 Å². The van der Waals surface area contributed by atoms with Crippen LogP contribution in [0.25, 0.3) is 0 Å². The first-order valence-corrected chi connectivity index (χ1v) is 6.07. The molecule has 0 radical (unpaired) electrons. The van der Waals surface area contributed by atoms with Crippen molar-refractivity contribution >= 4 is 11.6 Å². The summed E-state index contributed by atoms with van der Waals surface area (Å²) in [6, 6.07) is 5.88. The molecule has 0 aromatic heterocycles.